The predicted octanol–water partition coefficient (Wildman–Crippen LogP) is 4.48. The standard InChI is InChI=1S/C26H38FN5O3S.ClH/c1-17(2)24-29-26(35-30-24)31-9-6-19(7-10-31)18(3)8-12-34-21-5-4-20(22(27)15-21)14-23(28)25(33)32-11-13-36-16-32;/h4-5,15,17-19,23H,6-14,16,28H2,1-3H3;1H. The molecule has 4 rings (SSSR count). The summed E-state index contributed by atoms with van der Waals surface area (Å²) in [6.07, 6.45) is 3.22. The molecular weight excluding hydrogens is 517 g/mol. The van der Waals surface area contributed by atoms with Gasteiger partial charge in [-0.25, -0.2) is 4.39 Å². The molecule has 0 spiro atoms. The number of piperidine rings is 1. The molecule has 0 radical (unpaired) electrons. The molecule has 8 nitrogen and oxygen atoms in total. The minimum absolute atomic E-state index is 0. The van der Waals surface area contributed by atoms with Gasteiger partial charge in [-0.2, -0.15) is 4.98 Å². The molecule has 2 fully saturated rings. The number of hydrogen-bond acceptors (Lipinski definition) is 8. The summed E-state index contributed by atoms with van der Waals surface area (Å²) in [5.74, 6) is 3.71. The van der Waals surface area contributed by atoms with Gasteiger partial charge in [0.05, 0.1) is 18.5 Å². The van der Waals surface area contributed by atoms with Crippen LogP contribution in [0.3, 0.4) is 0 Å². The third kappa shape index (κ3) is 7.74. The number of nitrogens with two attached hydrogens (primary N) is 1. The fourth-order valence-corrected chi connectivity index (χ4v) is 5.73. The SMILES string of the molecule is CC(C)c1noc(N2CCC(C(C)CCOc3ccc(CC(N)C(=O)N4CCSC4)c(F)c3)CC2)n1.Cl. The summed E-state index contributed by atoms with van der Waals surface area (Å²) in [5.41, 5.74) is 6.50. The Morgan fingerprint density at radius 2 is 2.03 bits per heavy atom. The normalized spacial score (nSPS) is 18.1. The smallest absolute Gasteiger partial charge is 0.324 e. The first-order valence-electron chi connectivity index (χ1n) is 12.9. The number of amides is 1. The van der Waals surface area contributed by atoms with Crippen molar-refractivity contribution >= 4 is 36.1 Å². The largest absolute Gasteiger partial charge is 0.493 e. The Bertz CT molecular complexity index is 1010. The van der Waals surface area contributed by atoms with Crippen LogP contribution in [-0.4, -0.2) is 64.9 Å². The highest BCUT2D eigenvalue weighted by molar-refractivity contribution is 7.99. The second-order valence-corrected chi connectivity index (χ2v) is 11.3. The van der Waals surface area contributed by atoms with Crippen molar-refractivity contribution in [3.8, 4) is 5.75 Å². The molecular formula is C26H39ClFN5O3S. The van der Waals surface area contributed by atoms with E-state index in [0.717, 1.165) is 43.9 Å². The molecule has 1 aromatic carbocycles. The number of halogens is 2. The van der Waals surface area contributed by atoms with E-state index in [1.807, 2.05) is 0 Å². The molecule has 0 bridgehead atoms. The van der Waals surface area contributed by atoms with Crippen molar-refractivity contribution in [3.63, 3.8) is 0 Å². The van der Waals surface area contributed by atoms with E-state index < -0.39 is 6.04 Å². The summed E-state index contributed by atoms with van der Waals surface area (Å²) in [6.45, 7) is 9.43. The maximum absolute atomic E-state index is 14.7. The number of carbonyl (C=O) groups is 1. The van der Waals surface area contributed by atoms with Crippen molar-refractivity contribution in [2.24, 2.45) is 17.6 Å². The Hall–Kier alpha value is -2.04. The molecule has 3 heterocycles. The van der Waals surface area contributed by atoms with E-state index in [0.29, 0.717) is 48.2 Å². The van der Waals surface area contributed by atoms with Crippen LogP contribution in [0.4, 0.5) is 10.4 Å². The predicted molar refractivity (Wildman–Crippen MR) is 147 cm³/mol. The topological polar surface area (TPSA) is 97.7 Å². The molecule has 206 valence electrons. The fourth-order valence-electron chi connectivity index (χ4n) is 4.78. The Balaban J connectivity index is 0.00000380. The van der Waals surface area contributed by atoms with Gasteiger partial charge in [0.2, 0.25) is 5.91 Å². The van der Waals surface area contributed by atoms with Crippen molar-refractivity contribution < 1.29 is 18.4 Å². The van der Waals surface area contributed by atoms with Crippen LogP contribution in [0, 0.1) is 17.7 Å². The molecule has 2 N–H and O–H groups in total. The van der Waals surface area contributed by atoms with Gasteiger partial charge in [0.25, 0.3) is 0 Å². The van der Waals surface area contributed by atoms with Crippen LogP contribution < -0.4 is 15.4 Å². The Labute approximate surface area is 229 Å². The number of rotatable bonds is 10. The second kappa shape index (κ2) is 13.7. The van der Waals surface area contributed by atoms with Crippen LogP contribution in [0.5, 0.6) is 5.75 Å². The number of hydrogen-bond donors (Lipinski definition) is 1. The molecule has 0 saturated carbocycles. The molecule has 2 atom stereocenters. The molecule has 2 unspecified atom stereocenters. The number of nitrogens with zero attached hydrogens (tertiary/aromatic N) is 4. The quantitative estimate of drug-likeness (QED) is 0.458. The molecule has 2 aliphatic rings. The second-order valence-electron chi connectivity index (χ2n) is 10.2. The van der Waals surface area contributed by atoms with Gasteiger partial charge in [0.1, 0.15) is 11.6 Å². The first-order valence-corrected chi connectivity index (χ1v) is 14.1. The zero-order valence-electron chi connectivity index (χ0n) is 21.9. The van der Waals surface area contributed by atoms with E-state index >= 15 is 0 Å². The van der Waals surface area contributed by atoms with Crippen LogP contribution in [-0.2, 0) is 11.2 Å². The van der Waals surface area contributed by atoms with Crippen molar-refractivity contribution in [2.45, 2.75) is 58.4 Å². The zero-order chi connectivity index (χ0) is 25.7. The lowest BCUT2D eigenvalue weighted by Crippen LogP contribution is -2.43. The van der Waals surface area contributed by atoms with Gasteiger partial charge in [0, 0.05) is 37.4 Å². The lowest BCUT2D eigenvalue weighted by molar-refractivity contribution is -0.131. The van der Waals surface area contributed by atoms with Gasteiger partial charge in [-0.05, 0) is 49.1 Å². The van der Waals surface area contributed by atoms with Crippen LogP contribution in [0.15, 0.2) is 22.7 Å². The van der Waals surface area contributed by atoms with Crippen LogP contribution in [0.25, 0.3) is 0 Å². The molecule has 1 amide bonds. The number of aromatic nitrogens is 2. The van der Waals surface area contributed by atoms with Crippen molar-refractivity contribution in [3.05, 3.63) is 35.4 Å². The summed E-state index contributed by atoms with van der Waals surface area (Å²) in [7, 11) is 0. The summed E-state index contributed by atoms with van der Waals surface area (Å²) in [5, 5.41) is 4.07. The molecule has 2 aliphatic heterocycles. The number of ether oxygens (including phenoxy) is 1. The van der Waals surface area contributed by atoms with Crippen molar-refractivity contribution in [1.82, 2.24) is 15.0 Å². The van der Waals surface area contributed by atoms with E-state index in [-0.39, 0.29) is 36.5 Å². The highest BCUT2D eigenvalue weighted by Crippen LogP contribution is 2.30. The van der Waals surface area contributed by atoms with Crippen LogP contribution in [0.1, 0.15) is 57.3 Å². The van der Waals surface area contributed by atoms with Crippen LogP contribution >= 0.6 is 24.2 Å². The number of thioether (sulfide) groups is 1. The van der Waals surface area contributed by atoms with Crippen molar-refractivity contribution in [2.75, 3.05) is 42.8 Å². The van der Waals surface area contributed by atoms with E-state index in [1.54, 1.807) is 28.8 Å². The van der Waals surface area contributed by atoms with Gasteiger partial charge in [-0.15, -0.1) is 24.2 Å². The maximum atomic E-state index is 14.7. The average Bonchev–Trinajstić information content (AvgIpc) is 3.58. The van der Waals surface area contributed by atoms with E-state index in [9.17, 15) is 9.18 Å². The number of carbonyl (C=O) groups excluding carboxylic acids is 1. The summed E-state index contributed by atoms with van der Waals surface area (Å²) >= 11 is 1.71. The number of benzene rings is 1. The number of anilines is 1. The van der Waals surface area contributed by atoms with Gasteiger partial charge in [0.15, 0.2) is 5.82 Å². The lowest BCUT2D eigenvalue weighted by Gasteiger charge is -2.33. The minimum Gasteiger partial charge on any atom is -0.493 e. The van der Waals surface area contributed by atoms with E-state index in [1.165, 1.54) is 6.07 Å². The molecule has 0 aliphatic carbocycles. The van der Waals surface area contributed by atoms with Gasteiger partial charge in [-0.1, -0.05) is 32.0 Å². The lowest BCUT2D eigenvalue weighted by atomic mass is 9.84. The Morgan fingerprint density at radius 3 is 2.65 bits per heavy atom. The molecule has 11 heteroatoms. The first kappa shape index (κ1) is 29.5. The summed E-state index contributed by atoms with van der Waals surface area (Å²) in [6, 6.07) is 4.74. The third-order valence-corrected chi connectivity index (χ3v) is 8.22. The zero-order valence-corrected chi connectivity index (χ0v) is 23.5. The Morgan fingerprint density at radius 1 is 1.27 bits per heavy atom. The summed E-state index contributed by atoms with van der Waals surface area (Å²) < 4.78 is 26.0. The monoisotopic (exact) mass is 555 g/mol. The average molecular weight is 556 g/mol. The highest BCUT2D eigenvalue weighted by Gasteiger charge is 2.27. The highest BCUT2D eigenvalue weighted by atomic mass is 35.5. The van der Waals surface area contributed by atoms with Crippen LogP contribution in [0.2, 0.25) is 0 Å². The Kier molecular flexibility index (Phi) is 10.9. The van der Waals surface area contributed by atoms with Gasteiger partial charge >= 0.3 is 6.01 Å². The molecule has 2 aromatic rings. The molecule has 37 heavy (non-hydrogen) atoms. The maximum Gasteiger partial charge on any atom is 0.324 e. The first-order chi connectivity index (χ1) is 17.3. The minimum atomic E-state index is -0.727. The third-order valence-electron chi connectivity index (χ3n) is 7.25. The fraction of sp³-hybridized carbons (Fsp3) is 0.654. The van der Waals surface area contributed by atoms with Crippen molar-refractivity contribution in [1.29, 1.82) is 0 Å². The van der Waals surface area contributed by atoms with Gasteiger partial charge in [-0.3, -0.25) is 4.79 Å². The van der Waals surface area contributed by atoms with E-state index in [2.05, 4.69) is 35.8 Å². The molecule has 1 aromatic heterocycles. The molecule has 2 saturated heterocycles. The van der Waals surface area contributed by atoms with Gasteiger partial charge < -0.3 is 24.8 Å². The van der Waals surface area contributed by atoms with E-state index in [4.69, 9.17) is 15.0 Å². The summed E-state index contributed by atoms with van der Waals surface area (Å²) in [4.78, 5) is 20.8.